The number of para-hydroxylation sites is 1. The van der Waals surface area contributed by atoms with E-state index in [1.54, 1.807) is 24.5 Å². The van der Waals surface area contributed by atoms with Crippen molar-refractivity contribution in [3.05, 3.63) is 90.3 Å². The molecule has 1 amide bonds. The Bertz CT molecular complexity index is 1360. The van der Waals surface area contributed by atoms with Gasteiger partial charge in [0.1, 0.15) is 5.82 Å². The molecule has 0 aliphatic rings. The first-order valence-corrected chi connectivity index (χ1v) is 10.8. The summed E-state index contributed by atoms with van der Waals surface area (Å²) in [5.41, 5.74) is 0.561. The van der Waals surface area contributed by atoms with E-state index in [1.807, 2.05) is 0 Å². The van der Waals surface area contributed by atoms with Crippen molar-refractivity contribution in [1.82, 2.24) is 20.4 Å². The number of nitrogens with one attached hydrogen (secondary N) is 2. The highest BCUT2D eigenvalue weighted by Gasteiger charge is 2.18. The lowest BCUT2D eigenvalue weighted by atomic mass is 10.2. The number of hydrogen-bond acceptors (Lipinski definition) is 7. The van der Waals surface area contributed by atoms with Gasteiger partial charge in [-0.1, -0.05) is 23.4 Å². The third-order valence-electron chi connectivity index (χ3n) is 4.31. The van der Waals surface area contributed by atoms with E-state index >= 15 is 0 Å². The molecule has 2 aromatic carbocycles. The maximum Gasteiger partial charge on any atom is 0.262 e. The molecule has 0 radical (unpaired) electrons. The highest BCUT2D eigenvalue weighted by molar-refractivity contribution is 7.92. The largest absolute Gasteiger partial charge is 0.343 e. The molecule has 2 aromatic heterocycles. The quantitative estimate of drug-likeness (QED) is 0.440. The molecule has 0 saturated heterocycles. The van der Waals surface area contributed by atoms with Gasteiger partial charge in [-0.3, -0.25) is 14.5 Å². The zero-order chi connectivity index (χ0) is 22.6. The van der Waals surface area contributed by atoms with Gasteiger partial charge < -0.3 is 9.84 Å². The van der Waals surface area contributed by atoms with Gasteiger partial charge in [-0.05, 0) is 42.5 Å². The van der Waals surface area contributed by atoms with Gasteiger partial charge in [-0.25, -0.2) is 12.8 Å². The van der Waals surface area contributed by atoms with Crippen LogP contribution in [0.2, 0.25) is 0 Å². The number of hydrogen-bond donors (Lipinski definition) is 2. The minimum absolute atomic E-state index is 0.0590. The second-order valence-electron chi connectivity index (χ2n) is 6.55. The van der Waals surface area contributed by atoms with Crippen molar-refractivity contribution in [1.29, 1.82) is 0 Å². The Kier molecular flexibility index (Phi) is 5.90. The number of carbonyl (C=O) groups is 1. The van der Waals surface area contributed by atoms with E-state index in [2.05, 4.69) is 25.2 Å². The van der Waals surface area contributed by atoms with Crippen molar-refractivity contribution in [2.45, 2.75) is 11.4 Å². The molecule has 9 nitrogen and oxygen atoms in total. The van der Waals surface area contributed by atoms with Crippen molar-refractivity contribution in [2.24, 2.45) is 0 Å². The fourth-order valence-corrected chi connectivity index (χ4v) is 3.86. The normalized spacial score (nSPS) is 11.2. The third kappa shape index (κ3) is 4.78. The van der Waals surface area contributed by atoms with E-state index in [-0.39, 0.29) is 28.6 Å². The number of halogens is 1. The van der Waals surface area contributed by atoms with Crippen LogP contribution in [0.3, 0.4) is 0 Å². The molecule has 0 aliphatic carbocycles. The maximum atomic E-state index is 13.8. The van der Waals surface area contributed by atoms with Crippen LogP contribution in [0, 0.1) is 5.82 Å². The Labute approximate surface area is 182 Å². The van der Waals surface area contributed by atoms with Crippen LogP contribution >= 0.6 is 0 Å². The minimum atomic E-state index is -4.10. The average molecular weight is 453 g/mol. The van der Waals surface area contributed by atoms with E-state index in [4.69, 9.17) is 4.52 Å². The highest BCUT2D eigenvalue weighted by atomic mass is 32.2. The van der Waals surface area contributed by atoms with Crippen LogP contribution in [0.15, 0.2) is 82.5 Å². The van der Waals surface area contributed by atoms with Crippen LogP contribution in [0.5, 0.6) is 0 Å². The maximum absolute atomic E-state index is 13.8. The minimum Gasteiger partial charge on any atom is -0.343 e. The van der Waals surface area contributed by atoms with Crippen molar-refractivity contribution < 1.29 is 22.1 Å². The number of amides is 1. The fraction of sp³-hybridized carbons (Fsp3) is 0.0476. The number of rotatable bonds is 7. The van der Waals surface area contributed by atoms with Crippen LogP contribution in [-0.4, -0.2) is 29.4 Å². The predicted molar refractivity (Wildman–Crippen MR) is 112 cm³/mol. The van der Waals surface area contributed by atoms with Gasteiger partial charge in [0, 0.05) is 23.5 Å². The monoisotopic (exact) mass is 453 g/mol. The Balaban J connectivity index is 1.44. The van der Waals surface area contributed by atoms with Crippen LogP contribution in [0.25, 0.3) is 11.4 Å². The summed E-state index contributed by atoms with van der Waals surface area (Å²) in [6, 6.07) is 14.2. The van der Waals surface area contributed by atoms with Crippen LogP contribution in [0.4, 0.5) is 10.1 Å². The molecule has 4 rings (SSSR count). The lowest BCUT2D eigenvalue weighted by Crippen LogP contribution is -2.23. The van der Waals surface area contributed by atoms with Crippen LogP contribution in [-0.2, 0) is 16.6 Å². The topological polar surface area (TPSA) is 127 Å². The van der Waals surface area contributed by atoms with Crippen molar-refractivity contribution in [2.75, 3.05) is 4.72 Å². The summed E-state index contributed by atoms with van der Waals surface area (Å²) < 4.78 is 46.3. The Morgan fingerprint density at radius 1 is 1.06 bits per heavy atom. The highest BCUT2D eigenvalue weighted by Crippen LogP contribution is 2.20. The lowest BCUT2D eigenvalue weighted by molar-refractivity contribution is 0.0946. The summed E-state index contributed by atoms with van der Waals surface area (Å²) >= 11 is 0. The van der Waals surface area contributed by atoms with Crippen molar-refractivity contribution >= 4 is 21.6 Å². The van der Waals surface area contributed by atoms with Crippen molar-refractivity contribution in [3.63, 3.8) is 0 Å². The number of anilines is 1. The number of carbonyl (C=O) groups excluding carboxylic acids is 1. The molecular formula is C21H16FN5O4S. The zero-order valence-electron chi connectivity index (χ0n) is 16.4. The standard InChI is InChI=1S/C21H16FN5O4S/c22-17-8-1-2-9-18(17)27-32(29,30)16-7-3-5-14(11-16)21(28)24-13-19-25-20(26-31-19)15-6-4-10-23-12-15/h1-12,27H,13H2,(H,24,28). The molecule has 2 N–H and O–H groups in total. The third-order valence-corrected chi connectivity index (χ3v) is 5.68. The van der Waals surface area contributed by atoms with Gasteiger partial charge in [0.2, 0.25) is 11.7 Å². The Morgan fingerprint density at radius 2 is 1.91 bits per heavy atom. The summed E-state index contributed by atoms with van der Waals surface area (Å²) in [7, 11) is -4.10. The Morgan fingerprint density at radius 3 is 2.69 bits per heavy atom. The van der Waals surface area contributed by atoms with Crippen LogP contribution < -0.4 is 10.0 Å². The van der Waals surface area contributed by atoms with E-state index in [9.17, 15) is 17.6 Å². The molecule has 0 fully saturated rings. The van der Waals surface area contributed by atoms with Gasteiger partial charge in [-0.2, -0.15) is 4.98 Å². The predicted octanol–water partition coefficient (Wildman–Crippen LogP) is 3.00. The number of nitrogens with zero attached hydrogens (tertiary/aromatic N) is 3. The second-order valence-corrected chi connectivity index (χ2v) is 8.23. The molecule has 0 aliphatic heterocycles. The zero-order valence-corrected chi connectivity index (χ0v) is 17.2. The van der Waals surface area contributed by atoms with Gasteiger partial charge in [0.15, 0.2) is 0 Å². The first kappa shape index (κ1) is 21.1. The molecule has 162 valence electrons. The van der Waals surface area contributed by atoms with E-state index in [0.29, 0.717) is 11.4 Å². The lowest BCUT2D eigenvalue weighted by Gasteiger charge is -2.10. The summed E-state index contributed by atoms with van der Waals surface area (Å²) in [6.45, 7) is -0.0590. The van der Waals surface area contributed by atoms with Gasteiger partial charge in [0.05, 0.1) is 17.1 Å². The SMILES string of the molecule is O=C(NCc1nc(-c2cccnc2)no1)c1cccc(S(=O)(=O)Nc2ccccc2F)c1. The Hall–Kier alpha value is -4.12. The molecule has 4 aromatic rings. The average Bonchev–Trinajstić information content (AvgIpc) is 3.29. The smallest absolute Gasteiger partial charge is 0.262 e. The van der Waals surface area contributed by atoms with Gasteiger partial charge in [-0.15, -0.1) is 0 Å². The van der Waals surface area contributed by atoms with Gasteiger partial charge >= 0.3 is 0 Å². The van der Waals surface area contributed by atoms with Crippen LogP contribution in [0.1, 0.15) is 16.2 Å². The number of aromatic nitrogens is 3. The van der Waals surface area contributed by atoms with E-state index in [1.165, 1.54) is 42.5 Å². The molecule has 11 heteroatoms. The summed E-state index contributed by atoms with van der Waals surface area (Å²) in [4.78, 5) is 20.5. The molecule has 32 heavy (non-hydrogen) atoms. The second kappa shape index (κ2) is 8.94. The summed E-state index contributed by atoms with van der Waals surface area (Å²) in [5.74, 6) is -0.763. The summed E-state index contributed by atoms with van der Waals surface area (Å²) in [5, 5.41) is 6.43. The molecular weight excluding hydrogens is 437 g/mol. The van der Waals surface area contributed by atoms with Crippen molar-refractivity contribution in [3.8, 4) is 11.4 Å². The summed E-state index contributed by atoms with van der Waals surface area (Å²) in [6.07, 6.45) is 3.19. The number of pyridine rings is 1. The number of benzene rings is 2. The van der Waals surface area contributed by atoms with E-state index < -0.39 is 21.7 Å². The fourth-order valence-electron chi connectivity index (χ4n) is 2.75. The molecule has 0 spiro atoms. The van der Waals surface area contributed by atoms with E-state index in [0.717, 1.165) is 6.07 Å². The van der Waals surface area contributed by atoms with Gasteiger partial charge in [0.25, 0.3) is 15.9 Å². The first-order chi connectivity index (χ1) is 15.4. The number of sulfonamides is 1. The molecule has 0 unspecified atom stereocenters. The molecule has 0 atom stereocenters. The molecule has 0 bridgehead atoms. The first-order valence-electron chi connectivity index (χ1n) is 9.31. The molecule has 2 heterocycles. The molecule has 0 saturated carbocycles.